The van der Waals surface area contributed by atoms with Gasteiger partial charge in [-0.05, 0) is 19.3 Å². The number of carbonyl (C=O) groups is 1. The maximum absolute atomic E-state index is 11.6. The molecule has 1 heterocycles. The molecule has 2 atom stereocenters. The van der Waals surface area contributed by atoms with Crippen LogP contribution in [0.1, 0.15) is 32.6 Å². The summed E-state index contributed by atoms with van der Waals surface area (Å²) in [6.07, 6.45) is 2.82. The Morgan fingerprint density at radius 3 is 2.81 bits per heavy atom. The van der Waals surface area contributed by atoms with E-state index in [0.717, 1.165) is 12.8 Å². The van der Waals surface area contributed by atoms with Crippen molar-refractivity contribution in [2.75, 3.05) is 11.5 Å². The summed E-state index contributed by atoms with van der Waals surface area (Å²) < 4.78 is 22.7. The minimum absolute atomic E-state index is 0.0532. The normalized spacial score (nSPS) is 26.0. The molecule has 0 aromatic carbocycles. The maximum atomic E-state index is 11.6. The number of nitrogens with one attached hydrogen (secondary N) is 1. The van der Waals surface area contributed by atoms with E-state index >= 15 is 0 Å². The van der Waals surface area contributed by atoms with Crippen LogP contribution in [0, 0.1) is 0 Å². The van der Waals surface area contributed by atoms with Crippen LogP contribution in [0.5, 0.6) is 0 Å². The van der Waals surface area contributed by atoms with Crippen molar-refractivity contribution >= 4 is 15.7 Å². The summed E-state index contributed by atoms with van der Waals surface area (Å²) in [5, 5.41) is 2.72. The molecule has 1 aliphatic rings. The third kappa shape index (κ3) is 4.09. The molecule has 0 aromatic rings. The van der Waals surface area contributed by atoms with Gasteiger partial charge < -0.3 is 11.1 Å². The van der Waals surface area contributed by atoms with Crippen LogP contribution in [0.3, 0.4) is 0 Å². The van der Waals surface area contributed by atoms with Crippen LogP contribution in [-0.4, -0.2) is 37.9 Å². The predicted molar refractivity (Wildman–Crippen MR) is 62.7 cm³/mol. The maximum Gasteiger partial charge on any atom is 0.237 e. The van der Waals surface area contributed by atoms with Gasteiger partial charge in [-0.3, -0.25) is 4.79 Å². The molecular formula is C10H20N2O3S. The van der Waals surface area contributed by atoms with Crippen LogP contribution in [0.25, 0.3) is 0 Å². The van der Waals surface area contributed by atoms with Crippen LogP contribution >= 0.6 is 0 Å². The highest BCUT2D eigenvalue weighted by Gasteiger charge is 2.26. The zero-order chi connectivity index (χ0) is 12.2. The highest BCUT2D eigenvalue weighted by molar-refractivity contribution is 7.91. The predicted octanol–water partition coefficient (Wildman–Crippen LogP) is -0.193. The molecule has 0 aliphatic carbocycles. The lowest BCUT2D eigenvalue weighted by atomic mass is 10.1. The zero-order valence-electron chi connectivity index (χ0n) is 9.61. The van der Waals surface area contributed by atoms with Crippen LogP contribution < -0.4 is 11.1 Å². The average Bonchev–Trinajstić information content (AvgIpc) is 2.16. The summed E-state index contributed by atoms with van der Waals surface area (Å²) in [4.78, 5) is 11.6. The quantitative estimate of drug-likeness (QED) is 0.721. The molecule has 5 nitrogen and oxygen atoms in total. The van der Waals surface area contributed by atoms with E-state index in [1.807, 2.05) is 6.92 Å². The second kappa shape index (κ2) is 5.63. The molecule has 0 saturated carbocycles. The molecule has 16 heavy (non-hydrogen) atoms. The lowest BCUT2D eigenvalue weighted by Gasteiger charge is -2.24. The minimum Gasteiger partial charge on any atom is -0.351 e. The van der Waals surface area contributed by atoms with Gasteiger partial charge in [-0.2, -0.15) is 0 Å². The highest BCUT2D eigenvalue weighted by atomic mass is 32.2. The molecule has 1 fully saturated rings. The fourth-order valence-corrected chi connectivity index (χ4v) is 3.52. The fourth-order valence-electron chi connectivity index (χ4n) is 1.89. The van der Waals surface area contributed by atoms with Crippen molar-refractivity contribution in [3.05, 3.63) is 0 Å². The summed E-state index contributed by atoms with van der Waals surface area (Å²) in [5.74, 6) is 0.0572. The Morgan fingerprint density at radius 1 is 1.56 bits per heavy atom. The fraction of sp³-hybridized carbons (Fsp3) is 0.900. The topological polar surface area (TPSA) is 89.3 Å². The van der Waals surface area contributed by atoms with E-state index in [9.17, 15) is 13.2 Å². The van der Waals surface area contributed by atoms with E-state index in [1.54, 1.807) is 0 Å². The van der Waals surface area contributed by atoms with Gasteiger partial charge in [0.05, 0.1) is 17.5 Å². The number of nitrogens with two attached hydrogens (primary N) is 1. The largest absolute Gasteiger partial charge is 0.351 e. The number of hydrogen-bond donors (Lipinski definition) is 2. The van der Waals surface area contributed by atoms with Gasteiger partial charge in [0.15, 0.2) is 9.84 Å². The Bertz CT molecular complexity index is 340. The molecule has 0 aromatic heterocycles. The van der Waals surface area contributed by atoms with Crippen molar-refractivity contribution < 1.29 is 13.2 Å². The summed E-state index contributed by atoms with van der Waals surface area (Å²) in [5.41, 5.74) is 5.65. The first-order valence-corrected chi connectivity index (χ1v) is 7.53. The number of rotatable bonds is 4. The Labute approximate surface area is 96.7 Å². The van der Waals surface area contributed by atoms with Crippen molar-refractivity contribution in [2.24, 2.45) is 5.73 Å². The summed E-state index contributed by atoms with van der Waals surface area (Å²) in [7, 11) is -2.97. The van der Waals surface area contributed by atoms with E-state index in [4.69, 9.17) is 5.73 Å². The van der Waals surface area contributed by atoms with Gasteiger partial charge in [0.2, 0.25) is 5.91 Å². The molecule has 6 heteroatoms. The van der Waals surface area contributed by atoms with Gasteiger partial charge in [-0.1, -0.05) is 13.3 Å². The van der Waals surface area contributed by atoms with E-state index < -0.39 is 15.9 Å². The highest BCUT2D eigenvalue weighted by Crippen LogP contribution is 2.12. The van der Waals surface area contributed by atoms with E-state index in [2.05, 4.69) is 5.32 Å². The van der Waals surface area contributed by atoms with Crippen LogP contribution in [0.15, 0.2) is 0 Å². The second-order valence-corrected chi connectivity index (χ2v) is 6.59. The van der Waals surface area contributed by atoms with Gasteiger partial charge in [-0.25, -0.2) is 8.42 Å². The Kier molecular flexibility index (Phi) is 4.73. The molecule has 1 saturated heterocycles. The molecular weight excluding hydrogens is 228 g/mol. The molecule has 0 spiro atoms. The lowest BCUT2D eigenvalue weighted by Crippen LogP contribution is -2.49. The molecule has 0 radical (unpaired) electrons. The van der Waals surface area contributed by atoms with Crippen LogP contribution in [0.2, 0.25) is 0 Å². The standard InChI is InChI=1S/C10H20N2O3S/c1-2-4-9(11)10(13)12-8-5-3-6-16(14,15)7-8/h8-9H,2-7,11H2,1H3,(H,12,13)/t8?,9-/m1/s1. The number of amides is 1. The number of sulfone groups is 1. The molecule has 0 bridgehead atoms. The van der Waals surface area contributed by atoms with Crippen molar-refractivity contribution in [1.82, 2.24) is 5.32 Å². The third-order valence-electron chi connectivity index (χ3n) is 2.75. The first kappa shape index (κ1) is 13.4. The average molecular weight is 248 g/mol. The minimum atomic E-state index is -2.97. The van der Waals surface area contributed by atoms with Gasteiger partial charge in [0.25, 0.3) is 0 Å². The van der Waals surface area contributed by atoms with Crippen LogP contribution in [0.4, 0.5) is 0 Å². The van der Waals surface area contributed by atoms with Gasteiger partial charge >= 0.3 is 0 Å². The van der Waals surface area contributed by atoms with Gasteiger partial charge in [-0.15, -0.1) is 0 Å². The SMILES string of the molecule is CCC[C@@H](N)C(=O)NC1CCCS(=O)(=O)C1. The molecule has 1 aliphatic heterocycles. The lowest BCUT2D eigenvalue weighted by molar-refractivity contribution is -0.123. The zero-order valence-corrected chi connectivity index (χ0v) is 10.4. The Morgan fingerprint density at radius 2 is 2.25 bits per heavy atom. The third-order valence-corrected chi connectivity index (χ3v) is 4.57. The smallest absolute Gasteiger partial charge is 0.237 e. The van der Waals surface area contributed by atoms with E-state index in [0.29, 0.717) is 12.8 Å². The van der Waals surface area contributed by atoms with Crippen molar-refractivity contribution in [1.29, 1.82) is 0 Å². The monoisotopic (exact) mass is 248 g/mol. The summed E-state index contributed by atoms with van der Waals surface area (Å²) in [6.45, 7) is 1.96. The second-order valence-electron chi connectivity index (χ2n) is 4.36. The molecule has 1 unspecified atom stereocenters. The molecule has 1 rings (SSSR count). The summed E-state index contributed by atoms with van der Waals surface area (Å²) >= 11 is 0. The first-order valence-electron chi connectivity index (χ1n) is 5.71. The Balaban J connectivity index is 2.45. The van der Waals surface area contributed by atoms with E-state index in [-0.39, 0.29) is 23.5 Å². The van der Waals surface area contributed by atoms with E-state index in [1.165, 1.54) is 0 Å². The van der Waals surface area contributed by atoms with Gasteiger partial charge in [0, 0.05) is 6.04 Å². The number of hydrogen-bond acceptors (Lipinski definition) is 4. The van der Waals surface area contributed by atoms with Crippen molar-refractivity contribution in [2.45, 2.75) is 44.7 Å². The van der Waals surface area contributed by atoms with Crippen molar-refractivity contribution in [3.8, 4) is 0 Å². The molecule has 1 amide bonds. The Hall–Kier alpha value is -0.620. The van der Waals surface area contributed by atoms with Crippen LogP contribution in [-0.2, 0) is 14.6 Å². The molecule has 94 valence electrons. The number of carbonyl (C=O) groups excluding carboxylic acids is 1. The van der Waals surface area contributed by atoms with Gasteiger partial charge in [0.1, 0.15) is 0 Å². The molecule has 3 N–H and O–H groups in total. The summed E-state index contributed by atoms with van der Waals surface area (Å²) in [6, 6.07) is -0.774. The van der Waals surface area contributed by atoms with Crippen molar-refractivity contribution in [3.63, 3.8) is 0 Å². The first-order chi connectivity index (χ1) is 7.44.